The van der Waals surface area contributed by atoms with E-state index < -0.39 is 47.4 Å². The second-order valence-electron chi connectivity index (χ2n) is 6.18. The Balaban J connectivity index is 1.89. The van der Waals surface area contributed by atoms with E-state index in [0.29, 0.717) is 36.5 Å². The number of carbonyl (C=O) groups is 2. The van der Waals surface area contributed by atoms with Crippen LogP contribution in [0, 0.1) is 0 Å². The number of amides is 2. The molecule has 28 heavy (non-hydrogen) atoms. The number of nitrogens with two attached hydrogens (primary N) is 1. The van der Waals surface area contributed by atoms with E-state index in [1.807, 2.05) is 0 Å². The van der Waals surface area contributed by atoms with Gasteiger partial charge in [-0.2, -0.15) is 13.2 Å². The fraction of sp³-hybridized carbons (Fsp3) is 0.278. The number of aromatic nitrogens is 1. The number of hydrogen-bond donors (Lipinski definition) is 2. The second-order valence-corrected chi connectivity index (χ2v) is 6.18. The van der Waals surface area contributed by atoms with Crippen molar-refractivity contribution in [2.24, 2.45) is 5.73 Å². The van der Waals surface area contributed by atoms with Crippen molar-refractivity contribution in [3.05, 3.63) is 63.6 Å². The lowest BCUT2D eigenvalue weighted by atomic mass is 10.0. The third-order valence-corrected chi connectivity index (χ3v) is 4.33. The van der Waals surface area contributed by atoms with Gasteiger partial charge >= 0.3 is 6.18 Å². The largest absolute Gasteiger partial charge is 0.493 e. The molecule has 2 amide bonds. The number of alkyl halides is 3. The van der Waals surface area contributed by atoms with Crippen LogP contribution in [0.15, 0.2) is 41.2 Å². The molecule has 1 aromatic heterocycles. The molecular formula is C18H16F3N3O4. The molecule has 0 saturated carbocycles. The molecule has 0 radical (unpaired) electrons. The molecule has 148 valence electrons. The summed E-state index contributed by atoms with van der Waals surface area (Å²) in [5.74, 6) is -1.41. The molecule has 2 heterocycles. The summed E-state index contributed by atoms with van der Waals surface area (Å²) in [4.78, 5) is 36.0. The van der Waals surface area contributed by atoms with Crippen LogP contribution in [-0.2, 0) is 17.5 Å². The van der Waals surface area contributed by atoms with Crippen molar-refractivity contribution in [3.63, 3.8) is 0 Å². The number of para-hydroxylation sites is 1. The number of carbonyl (C=O) groups excluding carboxylic acids is 2. The maximum Gasteiger partial charge on any atom is 0.431 e. The van der Waals surface area contributed by atoms with Crippen LogP contribution in [0.25, 0.3) is 0 Å². The molecule has 1 aliphatic rings. The first-order valence-corrected chi connectivity index (χ1v) is 8.30. The molecular weight excluding hydrogens is 379 g/mol. The zero-order chi connectivity index (χ0) is 20.5. The molecule has 1 aromatic carbocycles. The summed E-state index contributed by atoms with van der Waals surface area (Å²) in [5, 5.41) is 2.62. The van der Waals surface area contributed by atoms with Gasteiger partial charge in [-0.05, 0) is 18.2 Å². The van der Waals surface area contributed by atoms with Crippen LogP contribution in [0.3, 0.4) is 0 Å². The second kappa shape index (κ2) is 7.37. The van der Waals surface area contributed by atoms with E-state index in [2.05, 4.69) is 5.32 Å². The molecule has 3 rings (SSSR count). The van der Waals surface area contributed by atoms with E-state index >= 15 is 0 Å². The summed E-state index contributed by atoms with van der Waals surface area (Å²) >= 11 is 0. The first-order chi connectivity index (χ1) is 13.2. The highest BCUT2D eigenvalue weighted by atomic mass is 19.4. The maximum atomic E-state index is 13.2. The molecule has 1 aliphatic heterocycles. The normalized spacial score (nSPS) is 16.0. The maximum absolute atomic E-state index is 13.2. The van der Waals surface area contributed by atoms with Crippen LogP contribution in [-0.4, -0.2) is 23.0 Å². The molecule has 0 spiro atoms. The summed E-state index contributed by atoms with van der Waals surface area (Å²) in [6.45, 7) is -0.582. The van der Waals surface area contributed by atoms with Gasteiger partial charge < -0.3 is 15.8 Å². The molecule has 1 atom stereocenters. The van der Waals surface area contributed by atoms with Gasteiger partial charge in [0.1, 0.15) is 23.6 Å². The van der Waals surface area contributed by atoms with E-state index in [1.165, 1.54) is 0 Å². The summed E-state index contributed by atoms with van der Waals surface area (Å²) in [7, 11) is 0. The molecule has 0 unspecified atom stereocenters. The Kier molecular flexibility index (Phi) is 5.12. The Hall–Kier alpha value is -3.30. The molecule has 2 aromatic rings. The van der Waals surface area contributed by atoms with Crippen molar-refractivity contribution < 1.29 is 27.5 Å². The number of pyridine rings is 1. The van der Waals surface area contributed by atoms with Gasteiger partial charge in [-0.3, -0.25) is 19.0 Å². The van der Waals surface area contributed by atoms with Crippen LogP contribution in [0.4, 0.5) is 13.2 Å². The van der Waals surface area contributed by atoms with Gasteiger partial charge in [0.05, 0.1) is 12.6 Å². The number of primary amides is 1. The first-order valence-electron chi connectivity index (χ1n) is 8.30. The van der Waals surface area contributed by atoms with Crippen molar-refractivity contribution in [3.8, 4) is 5.75 Å². The average molecular weight is 395 g/mol. The van der Waals surface area contributed by atoms with Crippen molar-refractivity contribution in [2.75, 3.05) is 6.61 Å². The summed E-state index contributed by atoms with van der Waals surface area (Å²) < 4.78 is 45.4. The number of benzene rings is 1. The Labute approximate surface area is 156 Å². The number of nitrogens with zero attached hydrogens (tertiary/aromatic N) is 1. The standard InChI is InChI=1S/C18H16F3N3O4/c19-18(20,21)14-6-5-11(16(22)26)17(27)24(14)9-15(25)23-12-7-8-28-13-4-2-1-3-10(12)13/h1-6,12H,7-9H2,(H2,22,26)(H,23,25)/t12-/m1/s1. The van der Waals surface area contributed by atoms with Crippen LogP contribution in [0.1, 0.15) is 34.1 Å². The average Bonchev–Trinajstić information content (AvgIpc) is 2.62. The van der Waals surface area contributed by atoms with Gasteiger partial charge in [0.2, 0.25) is 5.91 Å². The summed E-state index contributed by atoms with van der Waals surface area (Å²) in [6, 6.07) is 7.75. The van der Waals surface area contributed by atoms with E-state index in [-0.39, 0.29) is 4.57 Å². The van der Waals surface area contributed by atoms with E-state index in [0.717, 1.165) is 0 Å². The van der Waals surface area contributed by atoms with Crippen LogP contribution in [0.2, 0.25) is 0 Å². The quantitative estimate of drug-likeness (QED) is 0.821. The smallest absolute Gasteiger partial charge is 0.431 e. The highest BCUT2D eigenvalue weighted by molar-refractivity contribution is 5.92. The highest BCUT2D eigenvalue weighted by Gasteiger charge is 2.36. The zero-order valence-electron chi connectivity index (χ0n) is 14.5. The lowest BCUT2D eigenvalue weighted by molar-refractivity contribution is -0.144. The summed E-state index contributed by atoms with van der Waals surface area (Å²) in [6.07, 6.45) is -4.47. The first kappa shape index (κ1) is 19.5. The SMILES string of the molecule is NC(=O)c1ccc(C(F)(F)F)n(CC(=O)N[C@@H]2CCOc3ccccc32)c1=O. The third kappa shape index (κ3) is 3.85. The van der Waals surface area contributed by atoms with Crippen LogP contribution in [0.5, 0.6) is 5.75 Å². The minimum absolute atomic E-state index is 0.209. The predicted molar refractivity (Wildman–Crippen MR) is 91.7 cm³/mol. The number of hydrogen-bond acceptors (Lipinski definition) is 4. The number of nitrogens with one attached hydrogen (secondary N) is 1. The van der Waals surface area contributed by atoms with Crippen LogP contribution < -0.4 is 21.3 Å². The summed E-state index contributed by atoms with van der Waals surface area (Å²) in [5.41, 5.74) is 2.48. The molecule has 0 fully saturated rings. The van der Waals surface area contributed by atoms with Gasteiger partial charge in [-0.25, -0.2) is 0 Å². The Morgan fingerprint density at radius 1 is 1.21 bits per heavy atom. The highest BCUT2D eigenvalue weighted by Crippen LogP contribution is 2.32. The van der Waals surface area contributed by atoms with E-state index in [9.17, 15) is 27.6 Å². The Morgan fingerprint density at radius 2 is 1.93 bits per heavy atom. The Morgan fingerprint density at radius 3 is 2.61 bits per heavy atom. The number of fused-ring (bicyclic) bond motifs is 1. The Bertz CT molecular complexity index is 985. The minimum Gasteiger partial charge on any atom is -0.493 e. The van der Waals surface area contributed by atoms with Crippen molar-refractivity contribution in [2.45, 2.75) is 25.2 Å². The van der Waals surface area contributed by atoms with Crippen molar-refractivity contribution in [1.82, 2.24) is 9.88 Å². The van der Waals surface area contributed by atoms with Gasteiger partial charge in [-0.15, -0.1) is 0 Å². The lowest BCUT2D eigenvalue weighted by Gasteiger charge is -2.27. The molecule has 0 saturated heterocycles. The molecule has 0 bridgehead atoms. The topological polar surface area (TPSA) is 103 Å². The van der Waals surface area contributed by atoms with Gasteiger partial charge in [-0.1, -0.05) is 18.2 Å². The predicted octanol–water partition coefficient (Wildman–Crippen LogP) is 1.61. The number of rotatable bonds is 4. The van der Waals surface area contributed by atoms with E-state index in [4.69, 9.17) is 10.5 Å². The van der Waals surface area contributed by atoms with Crippen LogP contribution >= 0.6 is 0 Å². The lowest BCUT2D eigenvalue weighted by Crippen LogP contribution is -2.40. The van der Waals surface area contributed by atoms with Gasteiger partial charge in [0.25, 0.3) is 11.5 Å². The fourth-order valence-electron chi connectivity index (χ4n) is 3.05. The van der Waals surface area contributed by atoms with E-state index in [1.54, 1.807) is 24.3 Å². The fourth-order valence-corrected chi connectivity index (χ4v) is 3.05. The molecule has 3 N–H and O–H groups in total. The molecule has 7 nitrogen and oxygen atoms in total. The number of ether oxygens (including phenoxy) is 1. The molecule has 0 aliphatic carbocycles. The van der Waals surface area contributed by atoms with Crippen molar-refractivity contribution in [1.29, 1.82) is 0 Å². The number of halogens is 3. The van der Waals surface area contributed by atoms with Gasteiger partial charge in [0.15, 0.2) is 0 Å². The minimum atomic E-state index is -4.89. The third-order valence-electron chi connectivity index (χ3n) is 4.33. The zero-order valence-corrected chi connectivity index (χ0v) is 14.5. The monoisotopic (exact) mass is 395 g/mol. The van der Waals surface area contributed by atoms with Crippen molar-refractivity contribution >= 4 is 11.8 Å². The molecule has 10 heteroatoms. The van der Waals surface area contributed by atoms with Gasteiger partial charge in [0, 0.05) is 12.0 Å².